The van der Waals surface area contributed by atoms with Gasteiger partial charge in [0.15, 0.2) is 0 Å². The summed E-state index contributed by atoms with van der Waals surface area (Å²) in [5.74, 6) is 0.875. The molecule has 0 unspecified atom stereocenters. The summed E-state index contributed by atoms with van der Waals surface area (Å²) in [7, 11) is 1.69. The molecule has 2 rings (SSSR count). The van der Waals surface area contributed by atoms with E-state index >= 15 is 0 Å². The van der Waals surface area contributed by atoms with Gasteiger partial charge in [-0.3, -0.25) is 9.88 Å². The summed E-state index contributed by atoms with van der Waals surface area (Å²) in [6, 6.07) is 11.9. The minimum atomic E-state index is 0.760. The first-order valence-corrected chi connectivity index (χ1v) is 7.19. The van der Waals surface area contributed by atoms with Crippen LogP contribution in [-0.4, -0.2) is 23.5 Å². The molecule has 0 spiro atoms. The van der Waals surface area contributed by atoms with Gasteiger partial charge in [0.2, 0.25) is 0 Å². The Labute approximate surface area is 126 Å². The normalized spacial score (nSPS) is 10.9. The van der Waals surface area contributed by atoms with Crippen molar-refractivity contribution in [2.75, 3.05) is 19.4 Å². The average molecular weight is 285 g/mol. The van der Waals surface area contributed by atoms with Crippen molar-refractivity contribution < 1.29 is 4.74 Å². The van der Waals surface area contributed by atoms with E-state index in [0.717, 1.165) is 48.0 Å². The molecule has 4 heteroatoms. The van der Waals surface area contributed by atoms with Gasteiger partial charge in [0.05, 0.1) is 12.8 Å². The molecule has 0 aliphatic rings. The maximum absolute atomic E-state index is 5.89. The van der Waals surface area contributed by atoms with Crippen LogP contribution in [0.4, 0.5) is 5.69 Å². The lowest BCUT2D eigenvalue weighted by atomic mass is 10.1. The van der Waals surface area contributed by atoms with Gasteiger partial charge in [-0.05, 0) is 43.8 Å². The van der Waals surface area contributed by atoms with Crippen LogP contribution in [0.5, 0.6) is 5.75 Å². The van der Waals surface area contributed by atoms with Crippen LogP contribution in [0.1, 0.15) is 23.9 Å². The third-order valence-corrected chi connectivity index (χ3v) is 3.48. The monoisotopic (exact) mass is 285 g/mol. The van der Waals surface area contributed by atoms with E-state index in [-0.39, 0.29) is 0 Å². The van der Waals surface area contributed by atoms with Crippen molar-refractivity contribution in [2.24, 2.45) is 0 Å². The molecule has 0 saturated heterocycles. The second-order valence-corrected chi connectivity index (χ2v) is 5.14. The van der Waals surface area contributed by atoms with Gasteiger partial charge >= 0.3 is 0 Å². The Balaban J connectivity index is 2.14. The Bertz CT molecular complexity index is 598. The van der Waals surface area contributed by atoms with Crippen molar-refractivity contribution in [2.45, 2.75) is 26.9 Å². The van der Waals surface area contributed by atoms with Crippen LogP contribution in [0.3, 0.4) is 0 Å². The quantitative estimate of drug-likeness (QED) is 0.829. The van der Waals surface area contributed by atoms with Crippen molar-refractivity contribution in [1.29, 1.82) is 0 Å². The van der Waals surface area contributed by atoms with E-state index in [0.29, 0.717) is 0 Å². The van der Waals surface area contributed by atoms with E-state index in [1.54, 1.807) is 7.11 Å². The second kappa shape index (κ2) is 7.09. The molecular weight excluding hydrogens is 262 g/mol. The molecule has 0 saturated carbocycles. The molecule has 0 aliphatic carbocycles. The molecular formula is C17H23N3O. The predicted octanol–water partition coefficient (Wildman–Crippen LogP) is 3.00. The Morgan fingerprint density at radius 2 is 2.00 bits per heavy atom. The summed E-state index contributed by atoms with van der Waals surface area (Å²) in [5, 5.41) is 0. The summed E-state index contributed by atoms with van der Waals surface area (Å²) in [6.07, 6.45) is 0. The number of nitrogen functional groups attached to an aromatic ring is 1. The molecule has 0 aliphatic heterocycles. The Kier molecular flexibility index (Phi) is 5.17. The lowest BCUT2D eigenvalue weighted by Crippen LogP contribution is -2.23. The van der Waals surface area contributed by atoms with Gasteiger partial charge in [-0.25, -0.2) is 0 Å². The highest BCUT2D eigenvalue weighted by atomic mass is 16.5. The molecule has 0 amide bonds. The SMILES string of the molecule is CCN(Cc1cccc(C)n1)Cc1cc(N)ccc1OC. The van der Waals surface area contributed by atoms with Crippen LogP contribution in [0, 0.1) is 6.92 Å². The summed E-state index contributed by atoms with van der Waals surface area (Å²) in [6.45, 7) is 6.71. The van der Waals surface area contributed by atoms with Crippen molar-refractivity contribution in [3.63, 3.8) is 0 Å². The number of methoxy groups -OCH3 is 1. The zero-order valence-electron chi connectivity index (χ0n) is 13.0. The Hall–Kier alpha value is -2.07. The highest BCUT2D eigenvalue weighted by molar-refractivity contribution is 5.47. The zero-order valence-corrected chi connectivity index (χ0v) is 13.0. The van der Waals surface area contributed by atoms with Gasteiger partial charge in [0.25, 0.3) is 0 Å². The predicted molar refractivity (Wildman–Crippen MR) is 86.2 cm³/mol. The third-order valence-electron chi connectivity index (χ3n) is 3.48. The van der Waals surface area contributed by atoms with Crippen molar-refractivity contribution in [3.8, 4) is 5.75 Å². The molecule has 21 heavy (non-hydrogen) atoms. The molecule has 1 aromatic heterocycles. The maximum Gasteiger partial charge on any atom is 0.123 e. The molecule has 2 N–H and O–H groups in total. The van der Waals surface area contributed by atoms with Crippen LogP contribution in [-0.2, 0) is 13.1 Å². The van der Waals surface area contributed by atoms with Crippen molar-refractivity contribution in [1.82, 2.24) is 9.88 Å². The number of hydrogen-bond acceptors (Lipinski definition) is 4. The van der Waals surface area contributed by atoms with Crippen molar-refractivity contribution >= 4 is 5.69 Å². The van der Waals surface area contributed by atoms with E-state index in [2.05, 4.69) is 22.9 Å². The van der Waals surface area contributed by atoms with Crippen LogP contribution in [0.15, 0.2) is 36.4 Å². The number of benzene rings is 1. The molecule has 0 radical (unpaired) electrons. The molecule has 1 aromatic carbocycles. The third kappa shape index (κ3) is 4.20. The first-order chi connectivity index (χ1) is 10.1. The van der Waals surface area contributed by atoms with Crippen LogP contribution in [0.25, 0.3) is 0 Å². The zero-order chi connectivity index (χ0) is 15.2. The summed E-state index contributed by atoms with van der Waals surface area (Å²) >= 11 is 0. The fourth-order valence-electron chi connectivity index (χ4n) is 2.36. The van der Waals surface area contributed by atoms with Crippen LogP contribution < -0.4 is 10.5 Å². The largest absolute Gasteiger partial charge is 0.496 e. The van der Waals surface area contributed by atoms with Gasteiger partial charge in [0.1, 0.15) is 5.75 Å². The number of rotatable bonds is 6. The number of nitrogens with zero attached hydrogens (tertiary/aromatic N) is 2. The van der Waals surface area contributed by atoms with Gasteiger partial charge in [-0.1, -0.05) is 13.0 Å². The highest BCUT2D eigenvalue weighted by Crippen LogP contribution is 2.23. The smallest absolute Gasteiger partial charge is 0.123 e. The molecule has 0 bridgehead atoms. The number of anilines is 1. The fourth-order valence-corrected chi connectivity index (χ4v) is 2.36. The highest BCUT2D eigenvalue weighted by Gasteiger charge is 2.10. The van der Waals surface area contributed by atoms with E-state index in [1.165, 1.54) is 0 Å². The number of hydrogen-bond donors (Lipinski definition) is 1. The molecule has 4 nitrogen and oxygen atoms in total. The van der Waals surface area contributed by atoms with E-state index in [1.807, 2.05) is 37.3 Å². The molecule has 112 valence electrons. The lowest BCUT2D eigenvalue weighted by Gasteiger charge is -2.21. The summed E-state index contributed by atoms with van der Waals surface area (Å²) in [4.78, 5) is 6.88. The van der Waals surface area contributed by atoms with Gasteiger partial charge < -0.3 is 10.5 Å². The minimum Gasteiger partial charge on any atom is -0.496 e. The number of pyridine rings is 1. The van der Waals surface area contributed by atoms with Crippen LogP contribution in [0.2, 0.25) is 0 Å². The molecule has 1 heterocycles. The number of aryl methyl sites for hydroxylation is 1. The number of ether oxygens (including phenoxy) is 1. The first-order valence-electron chi connectivity index (χ1n) is 7.19. The van der Waals surface area contributed by atoms with Crippen LogP contribution >= 0.6 is 0 Å². The average Bonchev–Trinajstić information content (AvgIpc) is 2.47. The number of nitrogens with two attached hydrogens (primary N) is 1. The van der Waals surface area contributed by atoms with E-state index in [9.17, 15) is 0 Å². The van der Waals surface area contributed by atoms with E-state index < -0.39 is 0 Å². The first kappa shape index (κ1) is 15.3. The Morgan fingerprint density at radius 3 is 2.67 bits per heavy atom. The molecule has 2 aromatic rings. The van der Waals surface area contributed by atoms with Crippen molar-refractivity contribution in [3.05, 3.63) is 53.3 Å². The molecule has 0 atom stereocenters. The lowest BCUT2D eigenvalue weighted by molar-refractivity contribution is 0.263. The minimum absolute atomic E-state index is 0.760. The number of aromatic nitrogens is 1. The van der Waals surface area contributed by atoms with Gasteiger partial charge in [-0.2, -0.15) is 0 Å². The summed E-state index contributed by atoms with van der Waals surface area (Å²) < 4.78 is 5.42. The Morgan fingerprint density at radius 1 is 1.19 bits per heavy atom. The maximum atomic E-state index is 5.89. The van der Waals surface area contributed by atoms with Gasteiger partial charge in [0, 0.05) is 30.0 Å². The van der Waals surface area contributed by atoms with E-state index in [4.69, 9.17) is 10.5 Å². The molecule has 0 fully saturated rings. The fraction of sp³-hybridized carbons (Fsp3) is 0.353. The standard InChI is InChI=1S/C17H23N3O/c1-4-20(12-16-7-5-6-13(2)19-16)11-14-10-15(18)8-9-17(14)21-3/h5-10H,4,11-12,18H2,1-3H3. The van der Waals surface area contributed by atoms with Gasteiger partial charge in [-0.15, -0.1) is 0 Å². The second-order valence-electron chi connectivity index (χ2n) is 5.14. The topological polar surface area (TPSA) is 51.4 Å². The summed E-state index contributed by atoms with van der Waals surface area (Å²) in [5.41, 5.74) is 9.88.